The minimum Gasteiger partial charge on any atom is -0.355 e. The first-order valence-electron chi connectivity index (χ1n) is 14.6. The van der Waals surface area contributed by atoms with Gasteiger partial charge in [0.05, 0.1) is 5.41 Å². The predicted octanol–water partition coefficient (Wildman–Crippen LogP) is 6.12. The second-order valence-electron chi connectivity index (χ2n) is 11.1. The summed E-state index contributed by atoms with van der Waals surface area (Å²) in [6, 6.07) is 28.7. The first-order chi connectivity index (χ1) is 19.1. The molecule has 5 heteroatoms. The van der Waals surface area contributed by atoms with Crippen molar-refractivity contribution in [2.45, 2.75) is 56.8 Å². The van der Waals surface area contributed by atoms with E-state index >= 15 is 0 Å². The summed E-state index contributed by atoms with van der Waals surface area (Å²) in [5, 5.41) is 6.37. The van der Waals surface area contributed by atoms with Crippen LogP contribution in [-0.4, -0.2) is 42.9 Å². The van der Waals surface area contributed by atoms with Crippen LogP contribution in [0.3, 0.4) is 0 Å². The summed E-state index contributed by atoms with van der Waals surface area (Å²) in [7, 11) is 0. The Morgan fingerprint density at radius 2 is 1.49 bits per heavy atom. The average Bonchev–Trinajstić information content (AvgIpc) is 3.84. The van der Waals surface area contributed by atoms with E-state index in [4.69, 9.17) is 0 Å². The Kier molecular flexibility index (Phi) is 8.77. The molecule has 1 aliphatic heterocycles. The van der Waals surface area contributed by atoms with Crippen molar-refractivity contribution in [1.29, 1.82) is 0 Å². The van der Waals surface area contributed by atoms with Gasteiger partial charge < -0.3 is 15.5 Å². The molecule has 1 saturated heterocycles. The van der Waals surface area contributed by atoms with E-state index in [0.29, 0.717) is 18.9 Å². The molecular weight excluding hydrogens is 482 g/mol. The van der Waals surface area contributed by atoms with Crippen LogP contribution in [0.15, 0.2) is 84.9 Å². The van der Waals surface area contributed by atoms with Gasteiger partial charge in [0.25, 0.3) is 0 Å². The topological polar surface area (TPSA) is 61.4 Å². The maximum Gasteiger partial charge on any atom is 0.235 e. The number of anilines is 1. The molecule has 2 aliphatic rings. The molecule has 5 rings (SSSR count). The number of nitrogens with one attached hydrogen (secondary N) is 2. The van der Waals surface area contributed by atoms with Crippen molar-refractivity contribution in [3.63, 3.8) is 0 Å². The van der Waals surface area contributed by atoms with Crippen LogP contribution >= 0.6 is 0 Å². The summed E-state index contributed by atoms with van der Waals surface area (Å²) in [5.41, 5.74) is 3.64. The van der Waals surface area contributed by atoms with E-state index in [1.165, 1.54) is 5.56 Å². The Balaban J connectivity index is 1.11. The van der Waals surface area contributed by atoms with Crippen LogP contribution in [0, 0.1) is 5.92 Å². The number of rotatable bonds is 11. The van der Waals surface area contributed by atoms with E-state index in [2.05, 4.69) is 64.9 Å². The number of amides is 2. The highest BCUT2D eigenvalue weighted by atomic mass is 16.2. The van der Waals surface area contributed by atoms with E-state index in [-0.39, 0.29) is 17.7 Å². The molecule has 2 N–H and O–H groups in total. The number of piperidine rings is 1. The molecule has 0 aromatic heterocycles. The lowest BCUT2D eigenvalue weighted by molar-refractivity contribution is -0.125. The second kappa shape index (κ2) is 12.6. The predicted molar refractivity (Wildman–Crippen MR) is 158 cm³/mol. The first-order valence-corrected chi connectivity index (χ1v) is 14.6. The summed E-state index contributed by atoms with van der Waals surface area (Å²) in [6.07, 6.45) is 5.91. The van der Waals surface area contributed by atoms with E-state index in [1.54, 1.807) is 0 Å². The third-order valence-electron chi connectivity index (χ3n) is 8.55. The van der Waals surface area contributed by atoms with Crippen LogP contribution in [0.25, 0.3) is 0 Å². The summed E-state index contributed by atoms with van der Waals surface area (Å²) in [6.45, 7) is 5.87. The summed E-state index contributed by atoms with van der Waals surface area (Å²) in [5.74, 6) is 0.991. The Morgan fingerprint density at radius 1 is 0.846 bits per heavy atom. The molecule has 0 spiro atoms. The third kappa shape index (κ3) is 6.42. The lowest BCUT2D eigenvalue weighted by Gasteiger charge is -2.34. The molecule has 0 unspecified atom stereocenters. The summed E-state index contributed by atoms with van der Waals surface area (Å²) < 4.78 is 0. The molecule has 3 aromatic rings. The van der Waals surface area contributed by atoms with Crippen molar-refractivity contribution in [3.05, 3.63) is 102 Å². The fraction of sp³-hybridized carbons (Fsp3) is 0.412. The van der Waals surface area contributed by atoms with Gasteiger partial charge in [0.2, 0.25) is 11.8 Å². The van der Waals surface area contributed by atoms with Crippen LogP contribution in [0.4, 0.5) is 5.69 Å². The monoisotopic (exact) mass is 523 g/mol. The van der Waals surface area contributed by atoms with Gasteiger partial charge in [-0.1, -0.05) is 79.7 Å². The molecular formula is C34H41N3O2. The van der Waals surface area contributed by atoms with Crippen molar-refractivity contribution < 1.29 is 9.59 Å². The maximum absolute atomic E-state index is 13.7. The number of hydrogen-bond donors (Lipinski definition) is 2. The Bertz CT molecular complexity index is 1190. The molecule has 1 aliphatic carbocycles. The Hall–Kier alpha value is -3.44. The molecule has 1 heterocycles. The van der Waals surface area contributed by atoms with Crippen LogP contribution in [0.5, 0.6) is 0 Å². The SMILES string of the molecule is CCC(C(=O)NCCCN1CCC(c2cccc(NC(=O)C3CC3)c2)CC1)(c1ccccc1)c1ccccc1. The van der Waals surface area contributed by atoms with Crippen molar-refractivity contribution in [2.75, 3.05) is 31.5 Å². The van der Waals surface area contributed by atoms with Crippen LogP contribution in [0.2, 0.25) is 0 Å². The normalized spacial score (nSPS) is 16.5. The van der Waals surface area contributed by atoms with Gasteiger partial charge >= 0.3 is 0 Å². The molecule has 0 radical (unpaired) electrons. The van der Waals surface area contributed by atoms with E-state index in [0.717, 1.165) is 68.6 Å². The van der Waals surface area contributed by atoms with Crippen LogP contribution < -0.4 is 10.6 Å². The van der Waals surface area contributed by atoms with Crippen molar-refractivity contribution in [3.8, 4) is 0 Å². The van der Waals surface area contributed by atoms with Gasteiger partial charge in [-0.05, 0) is 92.9 Å². The van der Waals surface area contributed by atoms with Crippen LogP contribution in [-0.2, 0) is 15.0 Å². The highest BCUT2D eigenvalue weighted by Gasteiger charge is 2.40. The Morgan fingerprint density at radius 3 is 2.08 bits per heavy atom. The Labute approximate surface area is 233 Å². The lowest BCUT2D eigenvalue weighted by Crippen LogP contribution is -2.46. The molecule has 0 bridgehead atoms. The number of carbonyl (C=O) groups is 2. The average molecular weight is 524 g/mol. The standard InChI is InChI=1S/C34H41N3O2/c1-2-34(29-12-5-3-6-13-29,30-14-7-4-8-15-30)33(39)35-21-10-22-37-23-19-26(20-24-37)28-11-9-16-31(25-28)36-32(38)27-17-18-27/h3-9,11-16,25-27H,2,10,17-24H2,1H3,(H,35,39)(H,36,38). The van der Waals surface area contributed by atoms with E-state index < -0.39 is 5.41 Å². The highest BCUT2D eigenvalue weighted by Crippen LogP contribution is 2.36. The van der Waals surface area contributed by atoms with Gasteiger partial charge in [0, 0.05) is 18.2 Å². The van der Waals surface area contributed by atoms with Gasteiger partial charge in [-0.15, -0.1) is 0 Å². The molecule has 0 atom stereocenters. The molecule has 39 heavy (non-hydrogen) atoms. The van der Waals surface area contributed by atoms with E-state index in [1.807, 2.05) is 42.5 Å². The molecule has 2 fully saturated rings. The van der Waals surface area contributed by atoms with Crippen LogP contribution in [0.1, 0.15) is 68.1 Å². The minimum absolute atomic E-state index is 0.0785. The lowest BCUT2D eigenvalue weighted by atomic mass is 9.71. The number of hydrogen-bond acceptors (Lipinski definition) is 3. The molecule has 1 saturated carbocycles. The van der Waals surface area contributed by atoms with Crippen molar-refractivity contribution in [2.24, 2.45) is 5.92 Å². The van der Waals surface area contributed by atoms with Gasteiger partial charge in [-0.3, -0.25) is 9.59 Å². The zero-order valence-electron chi connectivity index (χ0n) is 23.1. The van der Waals surface area contributed by atoms with Gasteiger partial charge in [-0.25, -0.2) is 0 Å². The fourth-order valence-corrected chi connectivity index (χ4v) is 6.05. The second-order valence-corrected chi connectivity index (χ2v) is 11.1. The first kappa shape index (κ1) is 27.1. The molecule has 204 valence electrons. The zero-order chi connectivity index (χ0) is 27.1. The third-order valence-corrected chi connectivity index (χ3v) is 8.55. The smallest absolute Gasteiger partial charge is 0.235 e. The number of benzene rings is 3. The van der Waals surface area contributed by atoms with Gasteiger partial charge in [0.15, 0.2) is 0 Å². The molecule has 5 nitrogen and oxygen atoms in total. The van der Waals surface area contributed by atoms with Gasteiger partial charge in [-0.2, -0.15) is 0 Å². The largest absolute Gasteiger partial charge is 0.355 e. The number of likely N-dealkylation sites (tertiary alicyclic amines) is 1. The van der Waals surface area contributed by atoms with Crippen molar-refractivity contribution in [1.82, 2.24) is 10.2 Å². The zero-order valence-corrected chi connectivity index (χ0v) is 23.1. The maximum atomic E-state index is 13.7. The van der Waals surface area contributed by atoms with Crippen molar-refractivity contribution >= 4 is 17.5 Å². The minimum atomic E-state index is -0.687. The molecule has 3 aromatic carbocycles. The summed E-state index contributed by atoms with van der Waals surface area (Å²) in [4.78, 5) is 28.4. The molecule has 2 amide bonds. The van der Waals surface area contributed by atoms with E-state index in [9.17, 15) is 9.59 Å². The van der Waals surface area contributed by atoms with Gasteiger partial charge in [0.1, 0.15) is 0 Å². The highest BCUT2D eigenvalue weighted by molar-refractivity contribution is 5.94. The fourth-order valence-electron chi connectivity index (χ4n) is 6.05. The number of carbonyl (C=O) groups excluding carboxylic acids is 2. The summed E-state index contributed by atoms with van der Waals surface area (Å²) >= 11 is 0. The number of nitrogens with zero attached hydrogens (tertiary/aromatic N) is 1. The quantitative estimate of drug-likeness (QED) is 0.298.